The SMILES string of the molecule is COC(=O)[C@@]1(C)CC[C@]2(C)CC[C@]3(C)C(=CC(=O)[C@@H]4[C@@]5(C)CC[C@H](O[C@@H]6O[C@H](C(=O)[O-])[C@@H](OS(=O)(=O)[O-])[C@H](OS(=O)(=O)[O-])[C@H]6O[C@@H]6O[C@H](C(=O)[O-])[C@@H](OS(=O)(=O)[O-])[C@H](OS(=O)(=O)[O-])[C@H]6OS(=O)(=O)[O-])C(C)(C)[C@@H]5CC[C@]43C)[C@@H]2C1.[Na+].[Na+].[Na+].[Na+].[Na+].[Na+].[Na+]. The van der Waals surface area contributed by atoms with Gasteiger partial charge in [0.05, 0.1) is 30.6 Å². The minimum Gasteiger partial charge on any atom is -0.726 e. The number of fused-ring (bicyclic) bond motifs is 7. The summed E-state index contributed by atoms with van der Waals surface area (Å²) in [6.45, 7) is 13.4. The van der Waals surface area contributed by atoms with E-state index in [1.807, 2.05) is 13.8 Å². The smallest absolute Gasteiger partial charge is 0.726 e. The number of aliphatic carboxylic acids is 2. The number of esters is 1. The van der Waals surface area contributed by atoms with Crippen molar-refractivity contribution in [2.75, 3.05) is 7.11 Å². The number of methoxy groups -OCH3 is 1. The van der Waals surface area contributed by atoms with Crippen LogP contribution in [0.3, 0.4) is 0 Å². The molecule has 6 fully saturated rings. The molecule has 0 aromatic rings. The van der Waals surface area contributed by atoms with Gasteiger partial charge in [0.1, 0.15) is 42.7 Å². The Hall–Kier alpha value is 4.01. The van der Waals surface area contributed by atoms with Crippen LogP contribution >= 0.6 is 0 Å². The van der Waals surface area contributed by atoms with Gasteiger partial charge in [-0.25, -0.2) is 42.1 Å². The average molecular weight is 1390 g/mol. The molecule has 5 aliphatic carbocycles. The number of carbonyl (C=O) groups is 4. The van der Waals surface area contributed by atoms with Gasteiger partial charge in [-0.05, 0) is 110 Å². The monoisotopic (exact) mass is 1390 g/mol. The molecule has 43 heteroatoms. The maximum Gasteiger partial charge on any atom is 1.00 e. The molecular formula is C43H57Na7O31S5. The molecule has 86 heavy (non-hydrogen) atoms. The van der Waals surface area contributed by atoms with Gasteiger partial charge in [0, 0.05) is 5.92 Å². The first-order valence-corrected chi connectivity index (χ1v) is 31.0. The third-order valence-corrected chi connectivity index (χ3v) is 20.7. The van der Waals surface area contributed by atoms with Crippen molar-refractivity contribution >= 4 is 75.7 Å². The zero-order chi connectivity index (χ0) is 59.6. The van der Waals surface area contributed by atoms with Crippen LogP contribution in [0.2, 0.25) is 0 Å². The van der Waals surface area contributed by atoms with Crippen molar-refractivity contribution in [1.29, 1.82) is 0 Å². The second-order valence-electron chi connectivity index (χ2n) is 23.2. The van der Waals surface area contributed by atoms with E-state index in [9.17, 15) is 89.4 Å². The first-order chi connectivity index (χ1) is 35.7. The molecule has 0 spiro atoms. The predicted octanol–water partition coefficient (Wildman–Crippen LogP) is -23.9. The molecule has 4 saturated carbocycles. The third-order valence-electron chi connectivity index (χ3n) is 18.4. The summed E-state index contributed by atoms with van der Waals surface area (Å²) in [4.78, 5) is 53.5. The largest absolute Gasteiger partial charge is 1.00 e. The quantitative estimate of drug-likeness (QED) is 0.0429. The van der Waals surface area contributed by atoms with Crippen LogP contribution in [0.4, 0.5) is 0 Å². The molecule has 31 nitrogen and oxygen atoms in total. The van der Waals surface area contributed by atoms with Crippen LogP contribution in [0.1, 0.15) is 106 Å². The molecule has 0 aromatic heterocycles. The van der Waals surface area contributed by atoms with Crippen molar-refractivity contribution in [3.63, 3.8) is 0 Å². The number of carbonyl (C=O) groups excluding carboxylic acids is 4. The summed E-state index contributed by atoms with van der Waals surface area (Å²) in [5, 5.41) is 25.2. The van der Waals surface area contributed by atoms with Crippen molar-refractivity contribution in [1.82, 2.24) is 0 Å². The number of rotatable bonds is 17. The number of allylic oxidation sites excluding steroid dienone is 2. The minimum absolute atomic E-state index is 0. The number of ether oxygens (including phenoxy) is 5. The first kappa shape index (κ1) is 90.0. The van der Waals surface area contributed by atoms with Crippen LogP contribution in [0.5, 0.6) is 0 Å². The van der Waals surface area contributed by atoms with Gasteiger partial charge in [0.2, 0.25) is 52.0 Å². The third kappa shape index (κ3) is 19.1. The molecule has 2 aliphatic heterocycles. The summed E-state index contributed by atoms with van der Waals surface area (Å²) in [6, 6.07) is 0. The van der Waals surface area contributed by atoms with E-state index in [-0.39, 0.29) is 243 Å². The van der Waals surface area contributed by atoms with Crippen molar-refractivity contribution < 1.29 is 346 Å². The van der Waals surface area contributed by atoms with Gasteiger partial charge in [0.25, 0.3) is 0 Å². The molecule has 0 bridgehead atoms. The molecule has 2 heterocycles. The number of carboxylic acids is 2. The molecule has 19 atom stereocenters. The molecule has 7 rings (SSSR count). The molecule has 0 radical (unpaired) electrons. The Morgan fingerprint density at radius 1 is 0.535 bits per heavy atom. The zero-order valence-electron chi connectivity index (χ0n) is 50.2. The Morgan fingerprint density at radius 2 is 0.942 bits per heavy atom. The normalized spacial score (nSPS) is 39.3. The topological polar surface area (TPSA) is 493 Å². The molecule has 452 valence electrons. The van der Waals surface area contributed by atoms with Crippen LogP contribution in [-0.2, 0) is 116 Å². The standard InChI is InChI=1S/C43H64O31S5.7Na/c1-38(2)22-9-12-43(7)32(21(44)17-19-20-18-40(4,37(49)65-8)14-13-39(20,3)15-16-42(19,43)6)41(22,5)11-10-23(38)66-35-30(26(72-77(56,57)58)24(70-75(50,51)52)28(67-35)33(45)46)69-36-31(74-79(62,63)64)27(73-78(59,60)61)25(71-76(53,54)55)29(68-36)34(47)48;;;;;;;/h17,20,22-32,35-36H,9-16,18H2,1-8H3,(H,45,46)(H,47,48)(H,50,51,52)(H,53,54,55)(H,56,57,58)(H,59,60,61)(H,62,63,64);;;;;;;/q;7*+1/p-7/t20-,22-,23-,24-,25-,26-,27-,28-,29-,30+,31+,32+,35+,36-,39+,40-,41-,42+,43+;;;;;;;/m0......./s1. The second kappa shape index (κ2) is 31.9. The van der Waals surface area contributed by atoms with Crippen molar-refractivity contribution in [3.8, 4) is 0 Å². The fourth-order valence-corrected chi connectivity index (χ4v) is 17.1. The van der Waals surface area contributed by atoms with E-state index in [1.165, 1.54) is 7.11 Å². The van der Waals surface area contributed by atoms with Crippen molar-refractivity contribution in [3.05, 3.63) is 11.6 Å². The Kier molecular flexibility index (Phi) is 33.4. The van der Waals surface area contributed by atoms with E-state index < -0.39 is 170 Å². The van der Waals surface area contributed by atoms with Gasteiger partial charge < -0.3 is 66.3 Å². The molecule has 2 saturated heterocycles. The van der Waals surface area contributed by atoms with Gasteiger partial charge in [-0.15, -0.1) is 0 Å². The Balaban J connectivity index is 0.0000103. The average Bonchev–Trinajstić information content (AvgIpc) is 3.26. The summed E-state index contributed by atoms with van der Waals surface area (Å²) < 4.78 is 230. The summed E-state index contributed by atoms with van der Waals surface area (Å²) in [7, 11) is -30.6. The van der Waals surface area contributed by atoms with E-state index in [4.69, 9.17) is 23.7 Å². The Bertz CT molecular complexity index is 3110. The fraction of sp³-hybridized carbons (Fsp3) is 0.860. The fourth-order valence-electron chi connectivity index (χ4n) is 14.7. The Morgan fingerprint density at radius 3 is 1.37 bits per heavy atom. The zero-order valence-corrected chi connectivity index (χ0v) is 68.3. The minimum atomic E-state index is -6.45. The maximum absolute atomic E-state index is 15.1. The molecule has 0 amide bonds. The van der Waals surface area contributed by atoms with E-state index in [0.717, 1.165) is 12.0 Å². The van der Waals surface area contributed by atoms with E-state index in [2.05, 4.69) is 41.7 Å². The van der Waals surface area contributed by atoms with Crippen LogP contribution in [-0.4, -0.2) is 163 Å². The van der Waals surface area contributed by atoms with E-state index in [1.54, 1.807) is 19.9 Å². The first-order valence-electron chi connectivity index (χ1n) is 24.3. The van der Waals surface area contributed by atoms with Crippen molar-refractivity contribution in [2.45, 2.75) is 174 Å². The Labute approximate surface area is 654 Å². The van der Waals surface area contributed by atoms with Gasteiger partial charge >= 0.3 is 213 Å². The van der Waals surface area contributed by atoms with E-state index >= 15 is 4.79 Å². The summed E-state index contributed by atoms with van der Waals surface area (Å²) in [6.07, 6.45) is -28.2. The second-order valence-corrected chi connectivity index (χ2v) is 28.2. The number of ketones is 1. The van der Waals surface area contributed by atoms with Gasteiger partial charge in [-0.3, -0.25) is 30.5 Å². The molecule has 0 N–H and O–H groups in total. The number of hydrogen-bond acceptors (Lipinski definition) is 31. The van der Waals surface area contributed by atoms with Crippen LogP contribution in [0, 0.1) is 50.2 Å². The molecular weight excluding hydrogens is 1330 g/mol. The van der Waals surface area contributed by atoms with Crippen LogP contribution in [0.15, 0.2) is 11.6 Å². The predicted molar refractivity (Wildman–Crippen MR) is 241 cm³/mol. The van der Waals surface area contributed by atoms with Crippen LogP contribution < -0.4 is 217 Å². The van der Waals surface area contributed by atoms with E-state index in [0.29, 0.717) is 38.5 Å². The molecule has 0 aromatic carbocycles. The summed E-state index contributed by atoms with van der Waals surface area (Å²) >= 11 is 0. The van der Waals surface area contributed by atoms with Gasteiger partial charge in [0.15, 0.2) is 24.5 Å². The van der Waals surface area contributed by atoms with Crippen LogP contribution in [0.25, 0.3) is 0 Å². The molecule has 0 unspecified atom stereocenters. The maximum atomic E-state index is 15.1. The van der Waals surface area contributed by atoms with Gasteiger partial charge in [-0.1, -0.05) is 47.1 Å². The van der Waals surface area contributed by atoms with Crippen molar-refractivity contribution in [2.24, 2.45) is 50.2 Å². The number of carboxylic acid groups (broad SMARTS) is 2. The summed E-state index contributed by atoms with van der Waals surface area (Å²) in [5.41, 5.74) is -3.58. The molecule has 7 aliphatic rings. The summed E-state index contributed by atoms with van der Waals surface area (Å²) in [5.74, 6) is -7.25. The van der Waals surface area contributed by atoms with Gasteiger partial charge in [-0.2, -0.15) is 0 Å². The number of hydrogen-bond donors (Lipinski definition) is 0.